The van der Waals surface area contributed by atoms with Gasteiger partial charge >= 0.3 is 0 Å². The second-order valence-electron chi connectivity index (χ2n) is 1.60. The first-order chi connectivity index (χ1) is 4.72. The predicted molar refractivity (Wildman–Crippen MR) is 40.3 cm³/mol. The van der Waals surface area contributed by atoms with Crippen LogP contribution in [-0.2, 0) is 4.79 Å². The van der Waals surface area contributed by atoms with E-state index in [1.165, 1.54) is 4.88 Å². The summed E-state index contributed by atoms with van der Waals surface area (Å²) in [6, 6.07) is 0. The van der Waals surface area contributed by atoms with Crippen LogP contribution in [0.15, 0.2) is 5.51 Å². The number of hydrogen-bond donors (Lipinski definition) is 1. The highest BCUT2D eigenvalue weighted by Crippen LogP contribution is 2.07. The summed E-state index contributed by atoms with van der Waals surface area (Å²) >= 11 is 1.69. The number of hydrogen-bond acceptors (Lipinski definition) is 3. The molecule has 0 saturated carbocycles. The molecule has 1 heterocycles. The summed E-state index contributed by atoms with van der Waals surface area (Å²) in [5.74, 6) is 0. The van der Waals surface area contributed by atoms with Gasteiger partial charge in [0, 0.05) is 4.88 Å². The highest BCUT2D eigenvalue weighted by atomic mass is 32.1. The molecule has 0 amide bonds. The van der Waals surface area contributed by atoms with Crippen LogP contribution in [0.2, 0.25) is 0 Å². The molecule has 0 aliphatic rings. The third-order valence-corrected chi connectivity index (χ3v) is 1.85. The molecule has 10 heavy (non-hydrogen) atoms. The summed E-state index contributed by atoms with van der Waals surface area (Å²) in [5, 5.41) is 6.89. The third-order valence-electron chi connectivity index (χ3n) is 0.985. The molecule has 3 nitrogen and oxygen atoms in total. The zero-order chi connectivity index (χ0) is 7.98. The third kappa shape index (κ3) is 3.19. The number of rotatable bonds is 0. The van der Waals surface area contributed by atoms with Gasteiger partial charge in [-0.3, -0.25) is 4.79 Å². The molecule has 0 aliphatic carbocycles. The first-order valence-electron chi connectivity index (χ1n) is 2.67. The van der Waals surface area contributed by atoms with Crippen molar-refractivity contribution in [3.63, 3.8) is 0 Å². The fourth-order valence-electron chi connectivity index (χ4n) is 0.361. The van der Waals surface area contributed by atoms with E-state index in [1.807, 2.05) is 12.4 Å². The first kappa shape index (κ1) is 9.10. The minimum Gasteiger partial charge on any atom is -0.483 e. The first-order valence-corrected chi connectivity index (χ1v) is 3.55. The van der Waals surface area contributed by atoms with E-state index >= 15 is 0 Å². The van der Waals surface area contributed by atoms with Crippen molar-refractivity contribution in [2.45, 2.75) is 13.8 Å². The largest absolute Gasteiger partial charge is 0.483 e. The van der Waals surface area contributed by atoms with Crippen LogP contribution in [0.3, 0.4) is 0 Å². The number of thiazole rings is 1. The zero-order valence-electron chi connectivity index (χ0n) is 5.87. The van der Waals surface area contributed by atoms with Gasteiger partial charge in [0.1, 0.15) is 0 Å². The van der Waals surface area contributed by atoms with Crippen LogP contribution in [-0.4, -0.2) is 16.6 Å². The Kier molecular flexibility index (Phi) is 4.49. The summed E-state index contributed by atoms with van der Waals surface area (Å²) in [6.45, 7) is 3.85. The van der Waals surface area contributed by atoms with Crippen molar-refractivity contribution in [2.24, 2.45) is 0 Å². The lowest BCUT2D eigenvalue weighted by molar-refractivity contribution is -0.122. The van der Waals surface area contributed by atoms with Crippen molar-refractivity contribution in [1.29, 1.82) is 0 Å². The molecule has 56 valence electrons. The van der Waals surface area contributed by atoms with Gasteiger partial charge in [-0.2, -0.15) is 0 Å². The summed E-state index contributed by atoms with van der Waals surface area (Å²) in [5.41, 5.74) is 3.02. The van der Waals surface area contributed by atoms with Gasteiger partial charge in [-0.25, -0.2) is 4.98 Å². The Hall–Kier alpha value is -0.900. The maximum Gasteiger partial charge on any atom is 0.290 e. The topological polar surface area (TPSA) is 50.2 Å². The van der Waals surface area contributed by atoms with Crippen LogP contribution >= 0.6 is 11.3 Å². The molecule has 1 aromatic rings. The molecule has 4 heteroatoms. The molecule has 0 atom stereocenters. The Labute approximate surface area is 63.3 Å². The molecule has 0 bridgehead atoms. The van der Waals surface area contributed by atoms with Gasteiger partial charge in [0.15, 0.2) is 0 Å². The SMILES string of the molecule is Cc1ncsc1C.O=CO. The van der Waals surface area contributed by atoms with E-state index in [0.717, 1.165) is 5.69 Å². The maximum atomic E-state index is 8.36. The molecule has 0 unspecified atom stereocenters. The van der Waals surface area contributed by atoms with Crippen molar-refractivity contribution in [2.75, 3.05) is 0 Å². The van der Waals surface area contributed by atoms with Crippen LogP contribution in [0.4, 0.5) is 0 Å². The Morgan fingerprint density at radius 3 is 2.30 bits per heavy atom. The fourth-order valence-corrected chi connectivity index (χ4v) is 0.953. The highest BCUT2D eigenvalue weighted by Gasteiger charge is 1.88. The molecule has 0 saturated heterocycles. The Morgan fingerprint density at radius 2 is 2.20 bits per heavy atom. The van der Waals surface area contributed by atoms with Crippen molar-refractivity contribution in [1.82, 2.24) is 4.98 Å². The van der Waals surface area contributed by atoms with Crippen molar-refractivity contribution >= 4 is 17.8 Å². The molecule has 1 N–H and O–H groups in total. The van der Waals surface area contributed by atoms with Gasteiger partial charge in [0.2, 0.25) is 0 Å². The molecule has 0 fully saturated rings. The summed E-state index contributed by atoms with van der Waals surface area (Å²) in [7, 11) is 0. The van der Waals surface area contributed by atoms with Crippen LogP contribution in [0.1, 0.15) is 10.6 Å². The molecule has 0 radical (unpaired) electrons. The normalized spacial score (nSPS) is 7.80. The second kappa shape index (κ2) is 4.93. The summed E-state index contributed by atoms with van der Waals surface area (Å²) in [4.78, 5) is 13.7. The van der Waals surface area contributed by atoms with Gasteiger partial charge in [-0.15, -0.1) is 11.3 Å². The highest BCUT2D eigenvalue weighted by molar-refractivity contribution is 7.09. The van der Waals surface area contributed by atoms with E-state index in [2.05, 4.69) is 11.9 Å². The second-order valence-corrected chi connectivity index (χ2v) is 2.66. The molecular weight excluding hydrogens is 150 g/mol. The molecule has 0 aromatic carbocycles. The number of nitrogens with zero attached hydrogens (tertiary/aromatic N) is 1. The van der Waals surface area contributed by atoms with E-state index in [1.54, 1.807) is 11.3 Å². The maximum absolute atomic E-state index is 8.36. The van der Waals surface area contributed by atoms with Crippen molar-refractivity contribution in [3.05, 3.63) is 16.1 Å². The Balaban J connectivity index is 0.000000236. The lowest BCUT2D eigenvalue weighted by Crippen LogP contribution is -1.68. The lowest BCUT2D eigenvalue weighted by Gasteiger charge is -1.77. The van der Waals surface area contributed by atoms with E-state index in [4.69, 9.17) is 9.90 Å². The molecule has 1 rings (SSSR count). The van der Waals surface area contributed by atoms with Crippen LogP contribution in [0, 0.1) is 13.8 Å². The number of aryl methyl sites for hydroxylation is 2. The number of aromatic nitrogens is 1. The fraction of sp³-hybridized carbons (Fsp3) is 0.333. The molecule has 1 aromatic heterocycles. The summed E-state index contributed by atoms with van der Waals surface area (Å²) < 4.78 is 0. The van der Waals surface area contributed by atoms with Gasteiger partial charge in [-0.1, -0.05) is 0 Å². The quantitative estimate of drug-likeness (QED) is 0.583. The summed E-state index contributed by atoms with van der Waals surface area (Å²) in [6.07, 6.45) is 0. The number of carboxylic acid groups (broad SMARTS) is 1. The van der Waals surface area contributed by atoms with Gasteiger partial charge < -0.3 is 5.11 Å². The van der Waals surface area contributed by atoms with Gasteiger partial charge in [0.05, 0.1) is 11.2 Å². The number of carbonyl (C=O) groups is 1. The molecule has 0 aliphatic heterocycles. The van der Waals surface area contributed by atoms with Gasteiger partial charge in [0.25, 0.3) is 6.47 Å². The van der Waals surface area contributed by atoms with Crippen molar-refractivity contribution < 1.29 is 9.90 Å². The van der Waals surface area contributed by atoms with E-state index in [-0.39, 0.29) is 6.47 Å². The van der Waals surface area contributed by atoms with Crippen LogP contribution < -0.4 is 0 Å². The standard InChI is InChI=1S/C5H7NS.CH2O2/c1-4-5(2)7-3-6-4;2-1-3/h3H,1-2H3;1H,(H,2,3). The average molecular weight is 159 g/mol. The minimum atomic E-state index is -0.250. The lowest BCUT2D eigenvalue weighted by atomic mass is 10.4. The predicted octanol–water partition coefficient (Wildman–Crippen LogP) is 1.46. The van der Waals surface area contributed by atoms with E-state index in [0.29, 0.717) is 0 Å². The van der Waals surface area contributed by atoms with Crippen LogP contribution in [0.5, 0.6) is 0 Å². The van der Waals surface area contributed by atoms with Crippen LogP contribution in [0.25, 0.3) is 0 Å². The smallest absolute Gasteiger partial charge is 0.290 e. The van der Waals surface area contributed by atoms with Gasteiger partial charge in [-0.05, 0) is 13.8 Å². The minimum absolute atomic E-state index is 0.250. The zero-order valence-corrected chi connectivity index (χ0v) is 6.68. The molecular formula is C6H9NO2S. The van der Waals surface area contributed by atoms with E-state index < -0.39 is 0 Å². The van der Waals surface area contributed by atoms with Crippen molar-refractivity contribution in [3.8, 4) is 0 Å². The Morgan fingerprint density at radius 1 is 1.70 bits per heavy atom. The molecule has 0 spiro atoms. The average Bonchev–Trinajstić information content (AvgIpc) is 2.19. The Bertz CT molecular complexity index is 181. The monoisotopic (exact) mass is 159 g/mol. The van der Waals surface area contributed by atoms with E-state index in [9.17, 15) is 0 Å².